The van der Waals surface area contributed by atoms with E-state index in [9.17, 15) is 0 Å². The lowest BCUT2D eigenvalue weighted by Crippen LogP contribution is -2.38. The van der Waals surface area contributed by atoms with Gasteiger partial charge in [0.05, 0.1) is 0 Å². The highest BCUT2D eigenvalue weighted by molar-refractivity contribution is 9.10. The molecule has 0 saturated heterocycles. The lowest BCUT2D eigenvalue weighted by molar-refractivity contribution is 0.520. The molecule has 0 aromatic heterocycles. The van der Waals surface area contributed by atoms with Crippen LogP contribution in [0, 0.1) is 20.8 Å². The van der Waals surface area contributed by atoms with Gasteiger partial charge in [-0.15, -0.1) is 0 Å². The number of benzene rings is 2. The molecule has 3 heteroatoms. The highest BCUT2D eigenvalue weighted by Crippen LogP contribution is 2.19. The van der Waals surface area contributed by atoms with Gasteiger partial charge in [-0.1, -0.05) is 45.8 Å². The summed E-state index contributed by atoms with van der Waals surface area (Å²) in [4.78, 5) is 0. The molecule has 1 atom stereocenters. The van der Waals surface area contributed by atoms with Crippen LogP contribution in [-0.2, 0) is 12.8 Å². The van der Waals surface area contributed by atoms with Gasteiger partial charge in [-0.3, -0.25) is 11.3 Å². The summed E-state index contributed by atoms with van der Waals surface area (Å²) in [7, 11) is 0. The smallest absolute Gasteiger partial charge is 0.0291 e. The fraction of sp³-hybridized carbons (Fsp3) is 0.333. The Labute approximate surface area is 135 Å². The van der Waals surface area contributed by atoms with E-state index in [4.69, 9.17) is 5.84 Å². The number of halogens is 1. The molecule has 2 rings (SSSR count). The average Bonchev–Trinajstić information content (AvgIpc) is 2.43. The monoisotopic (exact) mass is 346 g/mol. The summed E-state index contributed by atoms with van der Waals surface area (Å²) in [6.07, 6.45) is 1.88. The van der Waals surface area contributed by atoms with E-state index in [0.29, 0.717) is 0 Å². The van der Waals surface area contributed by atoms with Crippen LogP contribution in [0.15, 0.2) is 40.9 Å². The van der Waals surface area contributed by atoms with Crippen LogP contribution in [0.4, 0.5) is 0 Å². The Balaban J connectivity index is 2.14. The number of rotatable bonds is 5. The number of hydrazine groups is 1. The van der Waals surface area contributed by atoms with Crippen molar-refractivity contribution in [3.05, 3.63) is 68.7 Å². The fourth-order valence-corrected chi connectivity index (χ4v) is 3.14. The van der Waals surface area contributed by atoms with E-state index < -0.39 is 0 Å². The van der Waals surface area contributed by atoms with E-state index in [0.717, 1.165) is 17.3 Å². The first-order valence-corrected chi connectivity index (χ1v) is 8.06. The van der Waals surface area contributed by atoms with Gasteiger partial charge < -0.3 is 0 Å². The Morgan fingerprint density at radius 1 is 1.00 bits per heavy atom. The molecule has 0 spiro atoms. The molecule has 0 aliphatic carbocycles. The van der Waals surface area contributed by atoms with Gasteiger partial charge >= 0.3 is 0 Å². The highest BCUT2D eigenvalue weighted by Gasteiger charge is 2.12. The third-order valence-electron chi connectivity index (χ3n) is 3.92. The molecule has 0 amide bonds. The minimum absolute atomic E-state index is 0.242. The zero-order valence-corrected chi connectivity index (χ0v) is 14.5. The summed E-state index contributed by atoms with van der Waals surface area (Å²) >= 11 is 3.47. The maximum atomic E-state index is 5.77. The molecule has 0 saturated carbocycles. The summed E-state index contributed by atoms with van der Waals surface area (Å²) in [6.45, 7) is 6.51. The Morgan fingerprint density at radius 3 is 2.10 bits per heavy atom. The van der Waals surface area contributed by atoms with Crippen LogP contribution in [0.3, 0.4) is 0 Å². The van der Waals surface area contributed by atoms with Gasteiger partial charge in [0.1, 0.15) is 0 Å². The van der Waals surface area contributed by atoms with E-state index >= 15 is 0 Å². The predicted molar refractivity (Wildman–Crippen MR) is 93.3 cm³/mol. The van der Waals surface area contributed by atoms with Crippen molar-refractivity contribution in [3.8, 4) is 0 Å². The fourth-order valence-electron chi connectivity index (χ4n) is 2.87. The van der Waals surface area contributed by atoms with Crippen molar-refractivity contribution in [1.29, 1.82) is 0 Å². The Bertz CT molecular complexity index is 582. The van der Waals surface area contributed by atoms with Crippen LogP contribution in [0.2, 0.25) is 0 Å². The molecule has 2 aromatic carbocycles. The molecule has 0 aliphatic heterocycles. The van der Waals surface area contributed by atoms with Gasteiger partial charge in [-0.25, -0.2) is 0 Å². The van der Waals surface area contributed by atoms with Crippen LogP contribution in [0.1, 0.15) is 27.8 Å². The SMILES string of the molecule is Cc1cc(C)c(CC(Cc2ccc(Br)cc2)NN)c(C)c1. The molecule has 0 fully saturated rings. The second-order valence-corrected chi connectivity index (χ2v) is 6.69. The molecule has 0 aliphatic rings. The Hall–Kier alpha value is -1.16. The van der Waals surface area contributed by atoms with Crippen LogP contribution in [-0.4, -0.2) is 6.04 Å². The van der Waals surface area contributed by atoms with Crippen molar-refractivity contribution in [2.24, 2.45) is 5.84 Å². The minimum Gasteiger partial charge on any atom is -0.271 e. The van der Waals surface area contributed by atoms with Gasteiger partial charge in [0.15, 0.2) is 0 Å². The van der Waals surface area contributed by atoms with Crippen molar-refractivity contribution in [2.45, 2.75) is 39.7 Å². The van der Waals surface area contributed by atoms with Crippen LogP contribution >= 0.6 is 15.9 Å². The van der Waals surface area contributed by atoms with Crippen molar-refractivity contribution in [1.82, 2.24) is 5.43 Å². The molecule has 112 valence electrons. The average molecular weight is 347 g/mol. The van der Waals surface area contributed by atoms with Crippen molar-refractivity contribution < 1.29 is 0 Å². The lowest BCUT2D eigenvalue weighted by Gasteiger charge is -2.19. The molecular formula is C18H23BrN2. The number of aryl methyl sites for hydroxylation is 3. The van der Waals surface area contributed by atoms with E-state index in [-0.39, 0.29) is 6.04 Å². The van der Waals surface area contributed by atoms with E-state index in [1.165, 1.54) is 27.8 Å². The molecule has 2 aromatic rings. The maximum Gasteiger partial charge on any atom is 0.0291 e. The Morgan fingerprint density at radius 2 is 1.57 bits per heavy atom. The number of hydrogen-bond acceptors (Lipinski definition) is 2. The first-order chi connectivity index (χ1) is 9.99. The van der Waals surface area contributed by atoms with E-state index in [1.54, 1.807) is 0 Å². The van der Waals surface area contributed by atoms with Gasteiger partial charge in [-0.2, -0.15) is 0 Å². The van der Waals surface area contributed by atoms with Gasteiger partial charge in [-0.05, 0) is 68.0 Å². The molecular weight excluding hydrogens is 324 g/mol. The van der Waals surface area contributed by atoms with Gasteiger partial charge in [0, 0.05) is 10.5 Å². The van der Waals surface area contributed by atoms with E-state index in [1.807, 2.05) is 0 Å². The molecule has 3 N–H and O–H groups in total. The minimum atomic E-state index is 0.242. The summed E-state index contributed by atoms with van der Waals surface area (Å²) in [5.41, 5.74) is 9.69. The Kier molecular flexibility index (Phi) is 5.57. The number of nitrogens with two attached hydrogens (primary N) is 1. The maximum absolute atomic E-state index is 5.77. The largest absolute Gasteiger partial charge is 0.271 e. The number of nitrogens with one attached hydrogen (secondary N) is 1. The van der Waals surface area contributed by atoms with Crippen LogP contribution in [0.25, 0.3) is 0 Å². The second kappa shape index (κ2) is 7.21. The first-order valence-electron chi connectivity index (χ1n) is 7.27. The van der Waals surface area contributed by atoms with Crippen molar-refractivity contribution in [2.75, 3.05) is 0 Å². The van der Waals surface area contributed by atoms with Gasteiger partial charge in [0.2, 0.25) is 0 Å². The first kappa shape index (κ1) is 16.2. The van der Waals surface area contributed by atoms with Gasteiger partial charge in [0.25, 0.3) is 0 Å². The summed E-state index contributed by atoms with van der Waals surface area (Å²) in [6, 6.07) is 13.2. The van der Waals surface area contributed by atoms with Crippen molar-refractivity contribution >= 4 is 15.9 Å². The molecule has 0 radical (unpaired) electrons. The molecule has 2 nitrogen and oxygen atoms in total. The summed E-state index contributed by atoms with van der Waals surface area (Å²) in [5.74, 6) is 5.77. The predicted octanol–water partition coefficient (Wildman–Crippen LogP) is 3.99. The molecule has 0 bridgehead atoms. The van der Waals surface area contributed by atoms with Crippen LogP contribution in [0.5, 0.6) is 0 Å². The number of hydrogen-bond donors (Lipinski definition) is 2. The normalized spacial score (nSPS) is 12.4. The quantitative estimate of drug-likeness (QED) is 0.634. The lowest BCUT2D eigenvalue weighted by atomic mass is 9.92. The topological polar surface area (TPSA) is 38.0 Å². The molecule has 0 heterocycles. The standard InChI is InChI=1S/C18H23BrN2/c1-12-8-13(2)18(14(3)9-12)11-17(21-20)10-15-4-6-16(19)7-5-15/h4-9,17,21H,10-11,20H2,1-3H3. The second-order valence-electron chi connectivity index (χ2n) is 5.78. The third kappa shape index (κ3) is 4.40. The summed E-state index contributed by atoms with van der Waals surface area (Å²) < 4.78 is 1.11. The highest BCUT2D eigenvalue weighted by atomic mass is 79.9. The molecule has 21 heavy (non-hydrogen) atoms. The van der Waals surface area contributed by atoms with Crippen molar-refractivity contribution in [3.63, 3.8) is 0 Å². The van der Waals surface area contributed by atoms with Crippen LogP contribution < -0.4 is 11.3 Å². The zero-order chi connectivity index (χ0) is 15.4. The van der Waals surface area contributed by atoms with E-state index in [2.05, 4.69) is 78.5 Å². The zero-order valence-electron chi connectivity index (χ0n) is 12.9. The third-order valence-corrected chi connectivity index (χ3v) is 4.45. The molecule has 1 unspecified atom stereocenters. The summed E-state index contributed by atoms with van der Waals surface area (Å²) in [5, 5.41) is 0.